The molecule has 0 radical (unpaired) electrons. The number of aliphatic hydroxyl groups excluding tert-OH is 1. The number of aliphatic hydroxyl groups is 1. The molecule has 4 N–H and O–H groups in total. The SMILES string of the molecule is CC(C)(C)c1ccc2[nH]c(CCC3CC(N(CC4CC4)C[C@@H]4C[C@@H](O)[C@H](n5ccc6c(N)ncnc65)C4)C3)nc2c1. The molecule has 0 spiro atoms. The molecule has 41 heavy (non-hydrogen) atoms. The molecular formula is C33H45N7O. The minimum Gasteiger partial charge on any atom is -0.391 e. The number of nitrogens with zero attached hydrogens (tertiary/aromatic N) is 5. The highest BCUT2D eigenvalue weighted by Gasteiger charge is 2.40. The van der Waals surface area contributed by atoms with Crippen molar-refractivity contribution in [2.75, 3.05) is 18.8 Å². The lowest BCUT2D eigenvalue weighted by Gasteiger charge is -2.44. The first-order valence-electron chi connectivity index (χ1n) is 15.7. The monoisotopic (exact) mass is 555 g/mol. The smallest absolute Gasteiger partial charge is 0.145 e. The molecule has 3 saturated carbocycles. The number of aromatic nitrogens is 5. The zero-order valence-corrected chi connectivity index (χ0v) is 24.8. The second kappa shape index (κ2) is 10.4. The topological polar surface area (TPSA) is 109 Å². The molecule has 218 valence electrons. The summed E-state index contributed by atoms with van der Waals surface area (Å²) in [7, 11) is 0. The summed E-state index contributed by atoms with van der Waals surface area (Å²) in [5.74, 6) is 3.77. The number of fused-ring (bicyclic) bond motifs is 2. The first kappa shape index (κ1) is 26.9. The molecule has 7 rings (SSSR count). The van der Waals surface area contributed by atoms with Gasteiger partial charge in [-0.25, -0.2) is 15.0 Å². The molecule has 3 aromatic heterocycles. The molecule has 3 aliphatic rings. The van der Waals surface area contributed by atoms with Crippen LogP contribution in [0, 0.1) is 17.8 Å². The summed E-state index contributed by atoms with van der Waals surface area (Å²) in [5.41, 5.74) is 10.6. The van der Waals surface area contributed by atoms with E-state index in [0.717, 1.165) is 65.5 Å². The third-order valence-corrected chi connectivity index (χ3v) is 10.1. The molecule has 1 aromatic carbocycles. The molecule has 3 atom stereocenters. The molecule has 3 aliphatic carbocycles. The quantitative estimate of drug-likeness (QED) is 0.247. The molecular weight excluding hydrogens is 510 g/mol. The van der Waals surface area contributed by atoms with Crippen molar-refractivity contribution in [3.05, 3.63) is 48.2 Å². The van der Waals surface area contributed by atoms with Crippen LogP contribution in [0.4, 0.5) is 5.82 Å². The Morgan fingerprint density at radius 3 is 2.61 bits per heavy atom. The van der Waals surface area contributed by atoms with Crippen LogP contribution in [-0.4, -0.2) is 59.7 Å². The molecule has 0 aliphatic heterocycles. The normalized spacial score (nSPS) is 26.8. The summed E-state index contributed by atoms with van der Waals surface area (Å²) in [6.07, 6.45) is 12.6. The van der Waals surface area contributed by atoms with Crippen LogP contribution in [0.5, 0.6) is 0 Å². The van der Waals surface area contributed by atoms with Crippen LogP contribution in [-0.2, 0) is 11.8 Å². The van der Waals surface area contributed by atoms with Crippen molar-refractivity contribution in [2.24, 2.45) is 17.8 Å². The number of hydrogen-bond donors (Lipinski definition) is 3. The molecule has 3 fully saturated rings. The molecule has 0 amide bonds. The number of rotatable bonds is 9. The Balaban J connectivity index is 0.951. The van der Waals surface area contributed by atoms with E-state index >= 15 is 0 Å². The van der Waals surface area contributed by atoms with Gasteiger partial charge >= 0.3 is 0 Å². The Labute approximate surface area is 242 Å². The standard InChI is InChI=1S/C33H45N7O/c1-33(2,3)23-7-8-26-27(16-23)38-30(37-26)9-6-21-12-24(13-21)39(17-20-4-5-20)18-22-14-28(29(41)15-22)40-11-10-25-31(34)35-19-36-32(25)40/h7-8,10-11,16,19-22,24,28-29,41H,4-6,9,12-15,17-18H2,1-3H3,(H,37,38)(H2,34,35,36)/t21?,22-,24?,28+,29+/m0/s1. The van der Waals surface area contributed by atoms with Crippen LogP contribution in [0.3, 0.4) is 0 Å². The van der Waals surface area contributed by atoms with Crippen LogP contribution in [0.2, 0.25) is 0 Å². The van der Waals surface area contributed by atoms with Crippen LogP contribution in [0.1, 0.15) is 83.1 Å². The lowest BCUT2D eigenvalue weighted by Crippen LogP contribution is -2.47. The third-order valence-electron chi connectivity index (χ3n) is 10.1. The van der Waals surface area contributed by atoms with Crippen molar-refractivity contribution in [1.29, 1.82) is 0 Å². The van der Waals surface area contributed by atoms with Gasteiger partial charge in [-0.2, -0.15) is 0 Å². The average molecular weight is 556 g/mol. The van der Waals surface area contributed by atoms with Crippen LogP contribution < -0.4 is 5.73 Å². The first-order valence-corrected chi connectivity index (χ1v) is 15.7. The number of imidazole rings is 1. The van der Waals surface area contributed by atoms with E-state index in [1.165, 1.54) is 50.5 Å². The predicted molar refractivity (Wildman–Crippen MR) is 164 cm³/mol. The van der Waals surface area contributed by atoms with Crippen molar-refractivity contribution in [3.63, 3.8) is 0 Å². The summed E-state index contributed by atoms with van der Waals surface area (Å²) < 4.78 is 2.13. The number of aryl methyl sites for hydroxylation is 1. The molecule has 4 aromatic rings. The number of anilines is 1. The summed E-state index contributed by atoms with van der Waals surface area (Å²) in [4.78, 5) is 19.9. The van der Waals surface area contributed by atoms with Crippen LogP contribution in [0.15, 0.2) is 36.8 Å². The fourth-order valence-corrected chi connectivity index (χ4v) is 7.35. The maximum atomic E-state index is 11.1. The number of aromatic amines is 1. The van der Waals surface area contributed by atoms with Gasteiger partial charge in [0.1, 0.15) is 23.6 Å². The number of nitrogens with one attached hydrogen (secondary N) is 1. The Morgan fingerprint density at radius 2 is 1.83 bits per heavy atom. The molecule has 3 heterocycles. The lowest BCUT2D eigenvalue weighted by atomic mass is 9.76. The van der Waals surface area contributed by atoms with Gasteiger partial charge in [0.05, 0.1) is 28.6 Å². The van der Waals surface area contributed by atoms with Crippen molar-refractivity contribution >= 4 is 27.9 Å². The number of hydrogen-bond acceptors (Lipinski definition) is 6. The van der Waals surface area contributed by atoms with E-state index in [9.17, 15) is 5.11 Å². The third kappa shape index (κ3) is 5.48. The predicted octanol–water partition coefficient (Wildman–Crippen LogP) is 5.62. The van der Waals surface area contributed by atoms with Crippen molar-refractivity contribution in [1.82, 2.24) is 29.4 Å². The second-order valence-corrected chi connectivity index (χ2v) is 14.3. The van der Waals surface area contributed by atoms with Crippen LogP contribution >= 0.6 is 0 Å². The van der Waals surface area contributed by atoms with Gasteiger partial charge < -0.3 is 20.4 Å². The van der Waals surface area contributed by atoms with E-state index in [2.05, 4.69) is 63.4 Å². The first-order chi connectivity index (χ1) is 19.7. The maximum absolute atomic E-state index is 11.1. The molecule has 0 saturated heterocycles. The van der Waals surface area contributed by atoms with Gasteiger partial charge in [0.15, 0.2) is 0 Å². The summed E-state index contributed by atoms with van der Waals surface area (Å²) in [6, 6.07) is 9.37. The van der Waals surface area contributed by atoms with Gasteiger partial charge in [0, 0.05) is 31.7 Å². The zero-order chi connectivity index (χ0) is 28.3. The molecule has 8 heteroatoms. The highest BCUT2D eigenvalue weighted by Crippen LogP contribution is 2.42. The van der Waals surface area contributed by atoms with E-state index in [1.807, 2.05) is 12.3 Å². The van der Waals surface area contributed by atoms with E-state index in [1.54, 1.807) is 0 Å². The van der Waals surface area contributed by atoms with E-state index < -0.39 is 0 Å². The largest absolute Gasteiger partial charge is 0.391 e. The number of benzene rings is 1. The van der Waals surface area contributed by atoms with Crippen molar-refractivity contribution in [3.8, 4) is 0 Å². The van der Waals surface area contributed by atoms with Gasteiger partial charge in [-0.05, 0) is 91.9 Å². The van der Waals surface area contributed by atoms with Gasteiger partial charge in [-0.15, -0.1) is 0 Å². The van der Waals surface area contributed by atoms with Crippen molar-refractivity contribution in [2.45, 2.75) is 95.7 Å². The van der Waals surface area contributed by atoms with E-state index in [0.29, 0.717) is 17.8 Å². The second-order valence-electron chi connectivity index (χ2n) is 14.3. The maximum Gasteiger partial charge on any atom is 0.145 e. The Hall–Kier alpha value is -2.97. The van der Waals surface area contributed by atoms with Gasteiger partial charge in [0.25, 0.3) is 0 Å². The molecule has 0 bridgehead atoms. The average Bonchev–Trinajstić information content (AvgIpc) is 3.28. The summed E-state index contributed by atoms with van der Waals surface area (Å²) >= 11 is 0. The number of H-pyrrole nitrogens is 1. The minimum absolute atomic E-state index is 0.0481. The number of nitrogen functional groups attached to an aromatic ring is 1. The highest BCUT2D eigenvalue weighted by molar-refractivity contribution is 5.86. The molecule has 8 nitrogen and oxygen atoms in total. The zero-order valence-electron chi connectivity index (χ0n) is 24.8. The lowest BCUT2D eigenvalue weighted by molar-refractivity contribution is 0.0549. The van der Waals surface area contributed by atoms with Gasteiger partial charge in [0.2, 0.25) is 0 Å². The highest BCUT2D eigenvalue weighted by atomic mass is 16.3. The fourth-order valence-electron chi connectivity index (χ4n) is 7.35. The van der Waals surface area contributed by atoms with E-state index in [-0.39, 0.29) is 17.6 Å². The minimum atomic E-state index is -0.355. The fraction of sp³-hybridized carbons (Fsp3) is 0.606. The van der Waals surface area contributed by atoms with E-state index in [4.69, 9.17) is 10.7 Å². The Kier molecular flexibility index (Phi) is 6.81. The summed E-state index contributed by atoms with van der Waals surface area (Å²) in [5, 5.41) is 12.0. The van der Waals surface area contributed by atoms with Gasteiger partial charge in [-0.1, -0.05) is 26.8 Å². The van der Waals surface area contributed by atoms with Gasteiger partial charge in [-0.3, -0.25) is 4.90 Å². The summed E-state index contributed by atoms with van der Waals surface area (Å²) in [6.45, 7) is 9.08. The van der Waals surface area contributed by atoms with Crippen molar-refractivity contribution < 1.29 is 5.11 Å². The molecule has 0 unspecified atom stereocenters. The Morgan fingerprint density at radius 1 is 1.02 bits per heavy atom. The van der Waals surface area contributed by atoms with Crippen LogP contribution in [0.25, 0.3) is 22.1 Å². The Bertz CT molecular complexity index is 1520. The number of nitrogens with two attached hydrogens (primary N) is 1.